The van der Waals surface area contributed by atoms with E-state index in [1.165, 1.54) is 103 Å². The first-order valence-electron chi connectivity index (χ1n) is 41.4. The molecule has 0 amide bonds. The summed E-state index contributed by atoms with van der Waals surface area (Å²) in [5.41, 5.74) is 0. The molecule has 0 aromatic rings. The lowest BCUT2D eigenvalue weighted by molar-refractivity contribution is -0.161. The molecule has 0 radical (unpaired) electrons. The number of hydrogen-bond donors (Lipinski definition) is 4. The number of rotatable bonds is 77. The number of carbonyl (C=O) groups is 3. The monoisotopic (exact) mass is 1540 g/mol. The number of carbonyl (C=O) groups excluding carboxylic acids is 3. The summed E-state index contributed by atoms with van der Waals surface area (Å²) < 4.78 is 61.1. The Morgan fingerprint density at radius 2 is 0.505 bits per heavy atom. The minimum Gasteiger partial charge on any atom is -0.463 e. The highest BCUT2D eigenvalue weighted by Gasteiger charge is 2.29. The van der Waals surface area contributed by atoms with E-state index in [9.17, 15) is 43.5 Å². The fourth-order valence-corrected chi connectivity index (χ4v) is 12.3. The van der Waals surface area contributed by atoms with Gasteiger partial charge in [-0.2, -0.15) is 0 Å². The minimum atomic E-state index is -4.95. The first-order valence-corrected chi connectivity index (χ1v) is 44.4. The Morgan fingerprint density at radius 1 is 0.271 bits per heavy atom. The van der Waals surface area contributed by atoms with Crippen molar-refractivity contribution in [1.29, 1.82) is 0 Å². The second-order valence-electron chi connectivity index (χ2n) is 27.2. The fourth-order valence-electron chi connectivity index (χ4n) is 10.7. The number of hydrogen-bond acceptors (Lipinski definition) is 14. The summed E-state index contributed by atoms with van der Waals surface area (Å²) in [4.78, 5) is 58.7. The van der Waals surface area contributed by atoms with Crippen LogP contribution in [0.2, 0.25) is 0 Å². The van der Waals surface area contributed by atoms with Crippen LogP contribution in [0.15, 0.2) is 170 Å². The Bertz CT molecular complexity index is 2620. The van der Waals surface area contributed by atoms with Crippen molar-refractivity contribution in [3.63, 3.8) is 0 Å². The topological polar surface area (TPSA) is 231 Å². The van der Waals surface area contributed by atoms with Gasteiger partial charge in [0.05, 0.1) is 26.4 Å². The molecule has 16 nitrogen and oxygen atoms in total. The molecule has 0 aliphatic carbocycles. The Morgan fingerprint density at radius 3 is 0.813 bits per heavy atom. The van der Waals surface area contributed by atoms with Crippen molar-refractivity contribution in [2.24, 2.45) is 0 Å². The van der Waals surface area contributed by atoms with Gasteiger partial charge in [-0.25, -0.2) is 9.13 Å². The largest absolute Gasteiger partial charge is 0.472 e. The molecule has 610 valence electrons. The molecule has 0 spiro atoms. The molecule has 5 atom stereocenters. The first kappa shape index (κ1) is 102. The van der Waals surface area contributed by atoms with E-state index < -0.39 is 91.5 Å². The molecule has 18 heteroatoms. The number of phosphoric acid groups is 2. The first-order chi connectivity index (χ1) is 52.2. The second kappa shape index (κ2) is 80.4. The van der Waals surface area contributed by atoms with Crippen LogP contribution in [0.3, 0.4) is 0 Å². The van der Waals surface area contributed by atoms with Crippen molar-refractivity contribution in [2.45, 2.75) is 334 Å². The Balaban J connectivity index is 4.49. The quantitative estimate of drug-likeness (QED) is 0.0146. The Kier molecular flexibility index (Phi) is 76.6. The summed E-state index contributed by atoms with van der Waals surface area (Å²) in [6, 6.07) is 0. The molecular formula is C89H148O16P2. The number of aliphatic hydroxyl groups excluding tert-OH is 2. The van der Waals surface area contributed by atoms with Gasteiger partial charge in [0.15, 0.2) is 6.10 Å². The zero-order valence-corrected chi connectivity index (χ0v) is 68.5. The maximum atomic E-state index is 13.0. The van der Waals surface area contributed by atoms with E-state index in [2.05, 4.69) is 179 Å². The normalized spacial score (nSPS) is 14.8. The zero-order valence-electron chi connectivity index (χ0n) is 66.7. The van der Waals surface area contributed by atoms with Gasteiger partial charge in [-0.3, -0.25) is 32.5 Å². The lowest BCUT2D eigenvalue weighted by atomic mass is 10.0. The summed E-state index contributed by atoms with van der Waals surface area (Å²) in [6.45, 7) is 2.34. The third-order valence-electron chi connectivity index (χ3n) is 16.9. The molecule has 0 saturated heterocycles. The van der Waals surface area contributed by atoms with Crippen molar-refractivity contribution in [2.75, 3.05) is 39.6 Å². The molecule has 0 aromatic heterocycles. The maximum absolute atomic E-state index is 13.0. The molecule has 0 heterocycles. The average Bonchev–Trinajstić information content (AvgIpc) is 0.907. The zero-order chi connectivity index (χ0) is 78.0. The van der Waals surface area contributed by atoms with Crippen molar-refractivity contribution >= 4 is 33.6 Å². The smallest absolute Gasteiger partial charge is 0.463 e. The summed E-state index contributed by atoms with van der Waals surface area (Å²) >= 11 is 0. The van der Waals surface area contributed by atoms with E-state index in [4.69, 9.17) is 32.3 Å². The molecule has 0 aliphatic heterocycles. The molecule has 0 fully saturated rings. The predicted octanol–water partition coefficient (Wildman–Crippen LogP) is 24.8. The summed E-state index contributed by atoms with van der Waals surface area (Å²) in [5, 5.41) is 20.7. The maximum Gasteiger partial charge on any atom is 0.472 e. The number of allylic oxidation sites excluding steroid dienone is 28. The highest BCUT2D eigenvalue weighted by Crippen LogP contribution is 2.45. The molecule has 107 heavy (non-hydrogen) atoms. The van der Waals surface area contributed by atoms with Crippen LogP contribution >= 0.6 is 15.6 Å². The van der Waals surface area contributed by atoms with Gasteiger partial charge in [-0.05, 0) is 148 Å². The van der Waals surface area contributed by atoms with Gasteiger partial charge < -0.3 is 34.2 Å². The van der Waals surface area contributed by atoms with Gasteiger partial charge in [-0.15, -0.1) is 0 Å². The van der Waals surface area contributed by atoms with Gasteiger partial charge in [0.25, 0.3) is 0 Å². The summed E-state index contributed by atoms with van der Waals surface area (Å²) in [6.07, 6.45) is 103. The third-order valence-corrected chi connectivity index (χ3v) is 18.8. The van der Waals surface area contributed by atoms with Crippen LogP contribution in [0, 0.1) is 0 Å². The lowest BCUT2D eigenvalue weighted by Crippen LogP contribution is -2.30. The summed E-state index contributed by atoms with van der Waals surface area (Å²) in [5.74, 6) is -1.66. The number of ether oxygens (including phenoxy) is 3. The standard InChI is InChI=1S/C89H148O16P2/c1-4-7-10-13-16-19-22-25-28-31-33-34-35-36-37-38-39-40-41-42-43-44-45-46-47-48-50-53-54-57-60-63-66-69-72-75-87(92)99-78-84(90)79-101-106(95,96)102-80-85(91)81-103-107(97,98)104-83-86(105-89(94)77-74-71-68-65-62-59-56-51-30-27-24-21-18-15-12-9-6-3)82-100-88(93)76-73-70-67-64-61-58-55-52-49-32-29-26-23-20-17-14-11-8-5-2/h7,9-10,12,16-21,25-30,33-34,36-37,39-40,49,52,56,59,65,68,84-86,90-91H,4-6,8,11,13-15,22-24,31-32,35,38,41-48,50-51,53-55,57-58,60-64,66-67,69-83H2,1-3H3,(H,95,96)(H,97,98)/b10-7-,12-9-,19-16-,20-17-,21-18-,28-25-,29-26-,30-27-,34-33-,37-36-,40-39-,52-49-,59-56-,68-65-. The fraction of sp³-hybridized carbons (Fsp3) is 0.652. The van der Waals surface area contributed by atoms with Crippen LogP contribution in [-0.2, 0) is 55.8 Å². The van der Waals surface area contributed by atoms with E-state index in [-0.39, 0.29) is 19.3 Å². The van der Waals surface area contributed by atoms with Gasteiger partial charge in [0.2, 0.25) is 0 Å². The Labute approximate surface area is 650 Å². The molecular weight excluding hydrogens is 1390 g/mol. The van der Waals surface area contributed by atoms with Crippen LogP contribution in [-0.4, -0.2) is 95.9 Å². The molecule has 0 aliphatic rings. The average molecular weight is 1540 g/mol. The summed E-state index contributed by atoms with van der Waals surface area (Å²) in [7, 11) is -9.82. The Hall–Kier alpha value is -5.09. The predicted molar refractivity (Wildman–Crippen MR) is 445 cm³/mol. The third kappa shape index (κ3) is 81.7. The molecule has 4 N–H and O–H groups in total. The number of esters is 3. The molecule has 0 aromatic carbocycles. The van der Waals surface area contributed by atoms with Crippen LogP contribution in [0.5, 0.6) is 0 Å². The molecule has 5 unspecified atom stereocenters. The van der Waals surface area contributed by atoms with Gasteiger partial charge >= 0.3 is 33.6 Å². The van der Waals surface area contributed by atoms with Crippen LogP contribution in [0.25, 0.3) is 0 Å². The van der Waals surface area contributed by atoms with E-state index in [1.54, 1.807) is 0 Å². The van der Waals surface area contributed by atoms with E-state index in [0.29, 0.717) is 25.7 Å². The highest BCUT2D eigenvalue weighted by atomic mass is 31.2. The second-order valence-corrected chi connectivity index (χ2v) is 30.1. The van der Waals surface area contributed by atoms with E-state index in [1.807, 2.05) is 12.2 Å². The van der Waals surface area contributed by atoms with E-state index >= 15 is 0 Å². The van der Waals surface area contributed by atoms with Crippen LogP contribution in [0.1, 0.15) is 316 Å². The molecule has 0 rings (SSSR count). The van der Waals surface area contributed by atoms with Crippen molar-refractivity contribution in [1.82, 2.24) is 0 Å². The van der Waals surface area contributed by atoms with Gasteiger partial charge in [0, 0.05) is 19.3 Å². The lowest BCUT2D eigenvalue weighted by Gasteiger charge is -2.21. The molecule has 0 saturated carbocycles. The molecule has 0 bridgehead atoms. The van der Waals surface area contributed by atoms with E-state index in [0.717, 1.165) is 148 Å². The highest BCUT2D eigenvalue weighted by molar-refractivity contribution is 7.47. The van der Waals surface area contributed by atoms with Gasteiger partial charge in [0.1, 0.15) is 25.4 Å². The van der Waals surface area contributed by atoms with Crippen LogP contribution < -0.4 is 0 Å². The number of unbranched alkanes of at least 4 members (excludes halogenated alkanes) is 26. The van der Waals surface area contributed by atoms with Gasteiger partial charge in [-0.1, -0.05) is 319 Å². The van der Waals surface area contributed by atoms with Crippen LogP contribution in [0.4, 0.5) is 0 Å². The SMILES string of the molecule is CC/C=C\C/C=C\C/C=C\C/C=C\C/C=C\C/C=C\CCCCCCCCCCCCCCCCCCC(=O)OCC(O)COP(=O)(O)OCC(O)COP(=O)(O)OCC(COC(=O)CCCCCCCC/C=C\C/C=C\C/C=C\CCCCC)OC(=O)CCC/C=C\C/C=C\C/C=C\C/C=C\C/C=C\CC. The minimum absolute atomic E-state index is 0.0188. The van der Waals surface area contributed by atoms with Crippen molar-refractivity contribution in [3.05, 3.63) is 170 Å². The van der Waals surface area contributed by atoms with Crippen molar-refractivity contribution < 1.29 is 75.8 Å². The van der Waals surface area contributed by atoms with Crippen molar-refractivity contribution in [3.8, 4) is 0 Å². The number of aliphatic hydroxyl groups is 2. The number of phosphoric ester groups is 2.